The number of hydrogen-bond acceptors (Lipinski definition) is 1. The summed E-state index contributed by atoms with van der Waals surface area (Å²) in [5, 5.41) is 8.95. The van der Waals surface area contributed by atoms with Gasteiger partial charge in [-0.05, 0) is 44.9 Å². The van der Waals surface area contributed by atoms with Crippen molar-refractivity contribution in [3.05, 3.63) is 0 Å². The predicted octanol–water partition coefficient (Wildman–Crippen LogP) is 2.17. The van der Waals surface area contributed by atoms with Crippen molar-refractivity contribution in [2.45, 2.75) is 51.0 Å². The predicted molar refractivity (Wildman–Crippen MR) is 62.6 cm³/mol. The van der Waals surface area contributed by atoms with Gasteiger partial charge >= 0.3 is 0 Å². The molecule has 0 aliphatic carbocycles. The molecule has 1 unspecified atom stereocenters. The van der Waals surface area contributed by atoms with E-state index in [9.17, 15) is 0 Å². The Hall–Kier alpha value is -0.0800. The van der Waals surface area contributed by atoms with Gasteiger partial charge in [0, 0.05) is 12.5 Å². The Morgan fingerprint density at radius 2 is 1.93 bits per heavy atom. The van der Waals surface area contributed by atoms with Crippen molar-refractivity contribution < 1.29 is 9.59 Å². The zero-order valence-corrected chi connectivity index (χ0v) is 10.1. The lowest BCUT2D eigenvalue weighted by Gasteiger charge is -2.51. The highest BCUT2D eigenvalue weighted by Gasteiger charge is 2.42. The molecule has 15 heavy (non-hydrogen) atoms. The molecule has 2 saturated heterocycles. The summed E-state index contributed by atoms with van der Waals surface area (Å²) in [5.41, 5.74) is 0. The van der Waals surface area contributed by atoms with Gasteiger partial charge in [0.2, 0.25) is 0 Å². The van der Waals surface area contributed by atoms with Crippen LogP contribution in [0, 0.1) is 5.92 Å². The molecule has 0 bridgehead atoms. The van der Waals surface area contributed by atoms with Gasteiger partial charge in [0.15, 0.2) is 0 Å². The molecular formula is C13H26NO+. The molecule has 0 aromatic rings. The normalized spacial score (nSPS) is 41.2. The van der Waals surface area contributed by atoms with E-state index in [1.807, 2.05) is 0 Å². The maximum Gasteiger partial charge on any atom is 0.0916 e. The number of hydrogen-bond donors (Lipinski definition) is 1. The van der Waals surface area contributed by atoms with E-state index in [1.165, 1.54) is 56.1 Å². The highest BCUT2D eigenvalue weighted by Crippen LogP contribution is 2.37. The van der Waals surface area contributed by atoms with Crippen LogP contribution in [0.1, 0.15) is 44.9 Å². The summed E-state index contributed by atoms with van der Waals surface area (Å²) >= 11 is 0. The molecule has 3 atom stereocenters. The van der Waals surface area contributed by atoms with Crippen molar-refractivity contribution in [2.24, 2.45) is 5.92 Å². The topological polar surface area (TPSA) is 20.2 Å². The molecule has 0 aromatic carbocycles. The van der Waals surface area contributed by atoms with E-state index in [0.717, 1.165) is 18.4 Å². The quantitative estimate of drug-likeness (QED) is 0.711. The summed E-state index contributed by atoms with van der Waals surface area (Å²) < 4.78 is 1.34. The first-order valence-corrected chi connectivity index (χ1v) is 6.71. The number of quaternary nitrogens is 1. The number of rotatable bonds is 3. The van der Waals surface area contributed by atoms with Gasteiger partial charge in [-0.15, -0.1) is 0 Å². The third-order valence-corrected chi connectivity index (χ3v) is 4.74. The Morgan fingerprint density at radius 3 is 2.73 bits per heavy atom. The number of piperidine rings is 2. The van der Waals surface area contributed by atoms with Crippen LogP contribution in [0.5, 0.6) is 0 Å². The van der Waals surface area contributed by atoms with Crippen LogP contribution in [0.3, 0.4) is 0 Å². The van der Waals surface area contributed by atoms with E-state index in [0.29, 0.717) is 6.61 Å². The summed E-state index contributed by atoms with van der Waals surface area (Å²) in [6.45, 7) is 3.19. The van der Waals surface area contributed by atoms with E-state index >= 15 is 0 Å². The number of aliphatic hydroxyl groups is 1. The molecule has 2 aliphatic rings. The van der Waals surface area contributed by atoms with Gasteiger partial charge in [-0.2, -0.15) is 0 Å². The molecule has 2 nitrogen and oxygen atoms in total. The van der Waals surface area contributed by atoms with Crippen LogP contribution in [0.2, 0.25) is 0 Å². The maximum absolute atomic E-state index is 8.95. The van der Waals surface area contributed by atoms with Crippen molar-refractivity contribution in [1.29, 1.82) is 0 Å². The lowest BCUT2D eigenvalue weighted by atomic mass is 9.79. The van der Waals surface area contributed by atoms with Gasteiger partial charge < -0.3 is 9.59 Å². The molecule has 2 fully saturated rings. The lowest BCUT2D eigenvalue weighted by Crippen LogP contribution is -2.60. The monoisotopic (exact) mass is 212 g/mol. The SMILES string of the molecule is C[N+]12CCCC[C@@H]1[C@@H](CCCO)CCC2. The number of nitrogens with zero attached hydrogens (tertiary/aromatic N) is 1. The van der Waals surface area contributed by atoms with Gasteiger partial charge in [-0.3, -0.25) is 0 Å². The first-order chi connectivity index (χ1) is 7.26. The minimum atomic E-state index is 0.382. The van der Waals surface area contributed by atoms with E-state index in [4.69, 9.17) is 5.11 Å². The number of fused-ring (bicyclic) bond motifs is 1. The van der Waals surface area contributed by atoms with Gasteiger partial charge in [0.1, 0.15) is 0 Å². The highest BCUT2D eigenvalue weighted by atomic mass is 16.2. The van der Waals surface area contributed by atoms with Crippen LogP contribution in [0.25, 0.3) is 0 Å². The first kappa shape index (κ1) is 11.4. The van der Waals surface area contributed by atoms with Crippen LogP contribution >= 0.6 is 0 Å². The van der Waals surface area contributed by atoms with E-state index in [-0.39, 0.29) is 0 Å². The second-order valence-corrected chi connectivity index (χ2v) is 5.76. The lowest BCUT2D eigenvalue weighted by molar-refractivity contribution is -0.947. The van der Waals surface area contributed by atoms with E-state index < -0.39 is 0 Å². The van der Waals surface area contributed by atoms with Crippen LogP contribution in [0.15, 0.2) is 0 Å². The van der Waals surface area contributed by atoms with Gasteiger partial charge in [-0.1, -0.05) is 0 Å². The molecule has 0 amide bonds. The van der Waals surface area contributed by atoms with Crippen LogP contribution in [-0.4, -0.2) is 42.4 Å². The third-order valence-electron chi connectivity index (χ3n) is 4.74. The summed E-state index contributed by atoms with van der Waals surface area (Å²) in [5.74, 6) is 0.899. The Balaban J connectivity index is 1.99. The molecule has 2 heteroatoms. The summed E-state index contributed by atoms with van der Waals surface area (Å²) in [6, 6.07) is 0.916. The van der Waals surface area contributed by atoms with Crippen molar-refractivity contribution in [1.82, 2.24) is 0 Å². The molecule has 0 radical (unpaired) electrons. The van der Waals surface area contributed by atoms with E-state index in [2.05, 4.69) is 7.05 Å². The zero-order chi connectivity index (χ0) is 10.7. The molecule has 88 valence electrons. The Labute approximate surface area is 93.9 Å². The van der Waals surface area contributed by atoms with Crippen molar-refractivity contribution in [3.8, 4) is 0 Å². The average Bonchev–Trinajstić information content (AvgIpc) is 2.25. The Morgan fingerprint density at radius 1 is 1.13 bits per heavy atom. The largest absolute Gasteiger partial charge is 0.396 e. The average molecular weight is 212 g/mol. The second kappa shape index (κ2) is 4.84. The van der Waals surface area contributed by atoms with E-state index in [1.54, 1.807) is 0 Å². The number of aliphatic hydroxyl groups excluding tert-OH is 1. The summed E-state index contributed by atoms with van der Waals surface area (Å²) in [4.78, 5) is 0. The summed E-state index contributed by atoms with van der Waals surface area (Å²) in [6.07, 6.45) is 9.40. The zero-order valence-electron chi connectivity index (χ0n) is 10.1. The van der Waals surface area contributed by atoms with Crippen molar-refractivity contribution in [3.63, 3.8) is 0 Å². The molecule has 2 heterocycles. The fraction of sp³-hybridized carbons (Fsp3) is 1.00. The van der Waals surface area contributed by atoms with Gasteiger partial charge in [0.05, 0.1) is 26.2 Å². The summed E-state index contributed by atoms with van der Waals surface area (Å²) in [7, 11) is 2.47. The Bertz CT molecular complexity index is 203. The minimum absolute atomic E-state index is 0.382. The molecule has 2 rings (SSSR count). The standard InChI is InChI=1S/C13H26NO/c1-14-9-3-2-8-13(14)12(6-4-10-14)7-5-11-15/h12-13,15H,2-11H2,1H3/q+1/t12-,13-,14?/m1/s1. The third kappa shape index (κ3) is 2.36. The molecule has 0 spiro atoms. The minimum Gasteiger partial charge on any atom is -0.396 e. The molecule has 0 saturated carbocycles. The first-order valence-electron chi connectivity index (χ1n) is 6.71. The molecule has 2 aliphatic heterocycles. The molecule has 1 N–H and O–H groups in total. The second-order valence-electron chi connectivity index (χ2n) is 5.76. The van der Waals surface area contributed by atoms with Crippen LogP contribution < -0.4 is 0 Å². The van der Waals surface area contributed by atoms with Crippen molar-refractivity contribution in [2.75, 3.05) is 26.7 Å². The fourth-order valence-corrected chi connectivity index (χ4v) is 3.92. The smallest absolute Gasteiger partial charge is 0.0916 e. The van der Waals surface area contributed by atoms with Gasteiger partial charge in [-0.25, -0.2) is 0 Å². The fourth-order valence-electron chi connectivity index (χ4n) is 3.92. The van der Waals surface area contributed by atoms with Crippen LogP contribution in [0.4, 0.5) is 0 Å². The molecular weight excluding hydrogens is 186 g/mol. The van der Waals surface area contributed by atoms with Gasteiger partial charge in [0.25, 0.3) is 0 Å². The maximum atomic E-state index is 8.95. The van der Waals surface area contributed by atoms with Crippen molar-refractivity contribution >= 4 is 0 Å². The van der Waals surface area contributed by atoms with Crippen LogP contribution in [-0.2, 0) is 0 Å². The Kier molecular flexibility index (Phi) is 3.68. The highest BCUT2D eigenvalue weighted by molar-refractivity contribution is 4.78. The molecule has 0 aromatic heterocycles.